The monoisotopic (exact) mass is 463 g/mol. The zero-order valence-corrected chi connectivity index (χ0v) is 19.3. The SMILES string of the molecule is CC(Nc1nc(Nc2ccc(OCCN3CCCC3)cc2)c(F)cc1C(N)=O)c1ccccc1. The molecule has 8 heteroatoms. The molecule has 1 unspecified atom stereocenters. The Hall–Kier alpha value is -3.65. The van der Waals surface area contributed by atoms with Crippen molar-refractivity contribution in [2.45, 2.75) is 25.8 Å². The third-order valence-electron chi connectivity index (χ3n) is 5.89. The molecule has 2 aromatic carbocycles. The second kappa shape index (κ2) is 11.0. The van der Waals surface area contributed by atoms with Crippen molar-refractivity contribution in [3.63, 3.8) is 0 Å². The van der Waals surface area contributed by atoms with Crippen LogP contribution in [0.5, 0.6) is 5.75 Å². The summed E-state index contributed by atoms with van der Waals surface area (Å²) in [4.78, 5) is 18.6. The molecule has 1 aliphatic rings. The third-order valence-corrected chi connectivity index (χ3v) is 5.89. The number of ether oxygens (including phenoxy) is 1. The van der Waals surface area contributed by atoms with E-state index in [0.29, 0.717) is 12.3 Å². The van der Waals surface area contributed by atoms with Gasteiger partial charge in [-0.05, 0) is 68.8 Å². The number of nitrogens with zero attached hydrogens (tertiary/aromatic N) is 2. The molecule has 0 spiro atoms. The number of pyridine rings is 1. The molecule has 1 fully saturated rings. The van der Waals surface area contributed by atoms with Gasteiger partial charge in [-0.2, -0.15) is 0 Å². The molecule has 7 nitrogen and oxygen atoms in total. The largest absolute Gasteiger partial charge is 0.492 e. The quantitative estimate of drug-likeness (QED) is 0.403. The summed E-state index contributed by atoms with van der Waals surface area (Å²) in [5, 5.41) is 6.15. The van der Waals surface area contributed by atoms with E-state index < -0.39 is 11.7 Å². The van der Waals surface area contributed by atoms with Crippen molar-refractivity contribution in [3.05, 3.63) is 77.6 Å². The Balaban J connectivity index is 1.44. The maximum absolute atomic E-state index is 14.7. The number of primary amides is 1. The molecular weight excluding hydrogens is 433 g/mol. The van der Waals surface area contributed by atoms with Gasteiger partial charge in [-0.15, -0.1) is 0 Å². The number of hydrogen-bond donors (Lipinski definition) is 3. The molecule has 4 rings (SSSR count). The van der Waals surface area contributed by atoms with Crippen LogP contribution in [0.25, 0.3) is 0 Å². The lowest BCUT2D eigenvalue weighted by molar-refractivity contribution is 0.100. The van der Waals surface area contributed by atoms with Gasteiger partial charge in [-0.1, -0.05) is 30.3 Å². The molecule has 3 aromatic rings. The minimum absolute atomic E-state index is 0.00420. The van der Waals surface area contributed by atoms with E-state index in [-0.39, 0.29) is 23.2 Å². The van der Waals surface area contributed by atoms with Gasteiger partial charge >= 0.3 is 0 Å². The number of nitrogens with two attached hydrogens (primary N) is 1. The Labute approximate surface area is 199 Å². The minimum atomic E-state index is -0.754. The highest BCUT2D eigenvalue weighted by Gasteiger charge is 2.18. The van der Waals surface area contributed by atoms with Crippen molar-refractivity contribution in [2.75, 3.05) is 36.9 Å². The maximum Gasteiger partial charge on any atom is 0.252 e. The summed E-state index contributed by atoms with van der Waals surface area (Å²) in [7, 11) is 0. The second-order valence-electron chi connectivity index (χ2n) is 8.40. The molecule has 0 bridgehead atoms. The Morgan fingerprint density at radius 3 is 2.50 bits per heavy atom. The smallest absolute Gasteiger partial charge is 0.252 e. The highest BCUT2D eigenvalue weighted by Crippen LogP contribution is 2.27. The molecule has 2 heterocycles. The van der Waals surface area contributed by atoms with E-state index in [4.69, 9.17) is 10.5 Å². The van der Waals surface area contributed by atoms with Crippen LogP contribution in [0.3, 0.4) is 0 Å². The molecule has 1 amide bonds. The summed E-state index contributed by atoms with van der Waals surface area (Å²) >= 11 is 0. The zero-order chi connectivity index (χ0) is 23.9. The van der Waals surface area contributed by atoms with E-state index >= 15 is 0 Å². The molecular formula is C26H30FN5O2. The normalized spacial score (nSPS) is 14.5. The Bertz CT molecular complexity index is 1100. The van der Waals surface area contributed by atoms with E-state index in [1.807, 2.05) is 49.4 Å². The first kappa shape index (κ1) is 23.5. The van der Waals surface area contributed by atoms with Crippen molar-refractivity contribution in [1.29, 1.82) is 0 Å². The molecule has 1 saturated heterocycles. The summed E-state index contributed by atoms with van der Waals surface area (Å²) in [6.07, 6.45) is 2.52. The molecule has 178 valence electrons. The van der Waals surface area contributed by atoms with Crippen molar-refractivity contribution < 1.29 is 13.9 Å². The summed E-state index contributed by atoms with van der Waals surface area (Å²) in [6.45, 7) is 5.76. The van der Waals surface area contributed by atoms with E-state index in [1.165, 1.54) is 12.8 Å². The van der Waals surface area contributed by atoms with Crippen LogP contribution < -0.4 is 21.1 Å². The topological polar surface area (TPSA) is 92.5 Å². The van der Waals surface area contributed by atoms with Gasteiger partial charge in [0, 0.05) is 18.3 Å². The first-order valence-electron chi connectivity index (χ1n) is 11.5. The van der Waals surface area contributed by atoms with Crippen LogP contribution in [0.4, 0.5) is 21.7 Å². The molecule has 1 aromatic heterocycles. The lowest BCUT2D eigenvalue weighted by Gasteiger charge is -2.18. The van der Waals surface area contributed by atoms with Crippen molar-refractivity contribution >= 4 is 23.2 Å². The highest BCUT2D eigenvalue weighted by atomic mass is 19.1. The summed E-state index contributed by atoms with van der Waals surface area (Å²) in [5.74, 6) is -0.458. The predicted molar refractivity (Wildman–Crippen MR) is 132 cm³/mol. The van der Waals surface area contributed by atoms with Crippen LogP contribution in [-0.2, 0) is 0 Å². The van der Waals surface area contributed by atoms with Crippen molar-refractivity contribution in [3.8, 4) is 5.75 Å². The summed E-state index contributed by atoms with van der Waals surface area (Å²) < 4.78 is 20.6. The number of nitrogens with one attached hydrogen (secondary N) is 2. The Morgan fingerprint density at radius 1 is 1.12 bits per heavy atom. The average Bonchev–Trinajstić information content (AvgIpc) is 3.36. The van der Waals surface area contributed by atoms with Gasteiger partial charge < -0.3 is 21.1 Å². The van der Waals surface area contributed by atoms with Crippen LogP contribution in [0.15, 0.2) is 60.7 Å². The van der Waals surface area contributed by atoms with Gasteiger partial charge in [0.05, 0.1) is 5.56 Å². The summed E-state index contributed by atoms with van der Waals surface area (Å²) in [5.41, 5.74) is 7.11. The number of amides is 1. The minimum Gasteiger partial charge on any atom is -0.492 e. The van der Waals surface area contributed by atoms with Gasteiger partial charge in [0.15, 0.2) is 11.6 Å². The van der Waals surface area contributed by atoms with Gasteiger partial charge in [0.25, 0.3) is 5.91 Å². The number of rotatable bonds is 10. The number of benzene rings is 2. The van der Waals surface area contributed by atoms with Crippen LogP contribution in [0, 0.1) is 5.82 Å². The molecule has 0 radical (unpaired) electrons. The fraction of sp³-hybridized carbons (Fsp3) is 0.308. The maximum atomic E-state index is 14.7. The van der Waals surface area contributed by atoms with Gasteiger partial charge in [-0.3, -0.25) is 9.69 Å². The average molecular weight is 464 g/mol. The number of hydrogen-bond acceptors (Lipinski definition) is 6. The predicted octanol–water partition coefficient (Wildman–Crippen LogP) is 4.71. The number of carbonyl (C=O) groups is 1. The molecule has 34 heavy (non-hydrogen) atoms. The number of halogens is 1. The van der Waals surface area contributed by atoms with E-state index in [1.54, 1.807) is 12.1 Å². The number of anilines is 3. The van der Waals surface area contributed by atoms with E-state index in [9.17, 15) is 9.18 Å². The third kappa shape index (κ3) is 6.02. The standard InChI is InChI=1S/C26H30FN5O2/c1-18(19-7-3-2-4-8-19)29-25-22(24(28)33)17-23(27)26(31-25)30-20-9-11-21(12-10-20)34-16-15-32-13-5-6-14-32/h2-4,7-12,17-18H,5-6,13-16H2,1H3,(H2,28,33)(H2,29,30,31). The fourth-order valence-corrected chi connectivity index (χ4v) is 3.97. The van der Waals surface area contributed by atoms with Gasteiger partial charge in [0.2, 0.25) is 0 Å². The van der Waals surface area contributed by atoms with Crippen LogP contribution in [-0.4, -0.2) is 42.0 Å². The number of likely N-dealkylation sites (tertiary alicyclic amines) is 1. The van der Waals surface area contributed by atoms with Crippen LogP contribution in [0.2, 0.25) is 0 Å². The van der Waals surface area contributed by atoms with E-state index in [2.05, 4.69) is 20.5 Å². The fourth-order valence-electron chi connectivity index (χ4n) is 3.97. The molecule has 0 aliphatic carbocycles. The van der Waals surface area contributed by atoms with Crippen LogP contribution >= 0.6 is 0 Å². The van der Waals surface area contributed by atoms with Crippen LogP contribution in [0.1, 0.15) is 41.7 Å². The first-order valence-corrected chi connectivity index (χ1v) is 11.5. The van der Waals surface area contributed by atoms with Gasteiger partial charge in [-0.25, -0.2) is 9.37 Å². The van der Waals surface area contributed by atoms with Crippen molar-refractivity contribution in [2.24, 2.45) is 5.73 Å². The highest BCUT2D eigenvalue weighted by molar-refractivity contribution is 5.98. The molecule has 0 saturated carbocycles. The molecule has 1 aliphatic heterocycles. The first-order chi connectivity index (χ1) is 16.5. The lowest BCUT2D eigenvalue weighted by atomic mass is 10.1. The van der Waals surface area contributed by atoms with Gasteiger partial charge in [0.1, 0.15) is 18.2 Å². The van der Waals surface area contributed by atoms with Crippen molar-refractivity contribution in [1.82, 2.24) is 9.88 Å². The second-order valence-corrected chi connectivity index (χ2v) is 8.40. The van der Waals surface area contributed by atoms with E-state index in [0.717, 1.165) is 37.0 Å². The Kier molecular flexibility index (Phi) is 7.59. The summed E-state index contributed by atoms with van der Waals surface area (Å²) in [6, 6.07) is 17.9. The lowest BCUT2D eigenvalue weighted by Crippen LogP contribution is -2.25. The number of carbonyl (C=O) groups excluding carboxylic acids is 1. The molecule has 1 atom stereocenters. The molecule has 4 N–H and O–H groups in total. The number of aromatic nitrogens is 1. The Morgan fingerprint density at radius 2 is 1.82 bits per heavy atom. The zero-order valence-electron chi connectivity index (χ0n) is 19.3.